The van der Waals surface area contributed by atoms with Gasteiger partial charge in [-0.25, -0.2) is 0 Å². The Balaban J connectivity index is 0.000000161. The normalized spacial score (nSPS) is 15.8. The van der Waals surface area contributed by atoms with E-state index < -0.39 is 7.32 Å². The second kappa shape index (κ2) is 24.4. The number of rotatable bonds is 8. The number of fused-ring (bicyclic) bond motifs is 6. The van der Waals surface area contributed by atoms with Gasteiger partial charge < -0.3 is 39.3 Å². The van der Waals surface area contributed by atoms with E-state index in [0.29, 0.717) is 0 Å². The number of hydrogen-bond acceptors (Lipinski definition) is 5. The molecule has 8 aromatic carbocycles. The monoisotopic (exact) mass is 1090 g/mol. The van der Waals surface area contributed by atoms with Gasteiger partial charge in [-0.2, -0.15) is 6.42 Å². The van der Waals surface area contributed by atoms with Crippen molar-refractivity contribution in [3.8, 4) is 33.6 Å². The van der Waals surface area contributed by atoms with Crippen molar-refractivity contribution < 1.29 is 42.1 Å². The summed E-state index contributed by atoms with van der Waals surface area (Å²) in [6.07, 6.45) is 2.40. The predicted octanol–water partition coefficient (Wildman–Crippen LogP) is 14.6. The Morgan fingerprint density at radius 2 is 0.821 bits per heavy atom. The third-order valence-corrected chi connectivity index (χ3v) is 15.8. The van der Waals surface area contributed by atoms with E-state index in [-0.39, 0.29) is 54.5 Å². The molecule has 0 unspecified atom stereocenters. The topological polar surface area (TPSA) is 56.0 Å². The molecule has 2 saturated heterocycles. The summed E-state index contributed by atoms with van der Waals surface area (Å²) in [4.78, 5) is 0. The zero-order chi connectivity index (χ0) is 54.7. The predicted molar refractivity (Wildman–Crippen MR) is 328 cm³/mol. The van der Waals surface area contributed by atoms with Crippen molar-refractivity contribution in [3.63, 3.8) is 0 Å². The van der Waals surface area contributed by atoms with E-state index in [9.17, 15) is 0 Å². The molecule has 394 valence electrons. The quantitative estimate of drug-likeness (QED) is 0.112. The molecule has 7 nitrogen and oxygen atoms in total. The first-order valence-electron chi connectivity index (χ1n) is 27.0. The van der Waals surface area contributed by atoms with Crippen LogP contribution >= 0.6 is 15.9 Å². The van der Waals surface area contributed by atoms with Gasteiger partial charge in [-0.3, -0.25) is 0 Å². The van der Waals surface area contributed by atoms with E-state index in [1.807, 2.05) is 53.7 Å². The van der Waals surface area contributed by atoms with E-state index in [2.05, 4.69) is 249 Å². The van der Waals surface area contributed by atoms with Crippen LogP contribution in [0.3, 0.4) is 0 Å². The SMILES string of the molecule is Brc1ccc2c(c1)c1ccccc1n2-c1ccc(-c2ccccc2)cc1.CC(C)OB1OC(C)(C)C(C)(C)O1.CC1(C)OB(c2ccc3c(c2)c2ccccc2n3-c2ccc(-c3ccccc3)cc2)OC1(C)C.[CH2-]CCC.[Li+]. The molecule has 0 N–H and O–H groups in total. The standard InChI is InChI=1S/C30H28BNO2.C24H16BrN.C9H19BO3.C4H9.Li/c1-29(2)30(3,4)34-31(33-29)23-16-19-28-26(20-23)25-12-8-9-13-27(25)32(28)24-17-14-22(15-18-24)21-10-6-5-7-11-21;25-19-12-15-24-22(16-19)21-8-4-5-9-23(21)26(24)20-13-10-18(11-14-20)17-6-2-1-3-7-17;1-7(2)11-10-12-8(3,4)9(5,6)13-10;1-3-4-2;/h5-20H,1-4H3;1-16H;7H,1-6H3;1,3-4H2,2H3;/q;;;-1;+1. The molecule has 78 heavy (non-hydrogen) atoms. The van der Waals surface area contributed by atoms with Crippen LogP contribution in [-0.2, 0) is 23.3 Å². The molecule has 4 heterocycles. The number of unbranched alkanes of at least 4 members (excludes halogenated alkanes) is 1. The van der Waals surface area contributed by atoms with Gasteiger partial charge in [0.25, 0.3) is 0 Å². The van der Waals surface area contributed by atoms with Crippen molar-refractivity contribution in [1.29, 1.82) is 0 Å². The first kappa shape index (κ1) is 58.5. The van der Waals surface area contributed by atoms with Crippen LogP contribution in [0.1, 0.15) is 89.0 Å². The number of hydrogen-bond donors (Lipinski definition) is 0. The molecule has 10 aromatic rings. The van der Waals surface area contributed by atoms with E-state index in [4.69, 9.17) is 23.3 Å². The summed E-state index contributed by atoms with van der Waals surface area (Å²) in [6, 6.07) is 68.8. The fourth-order valence-electron chi connectivity index (χ4n) is 9.55. The summed E-state index contributed by atoms with van der Waals surface area (Å²) in [7, 11) is -0.897. The minimum atomic E-state index is -0.523. The Morgan fingerprint density at radius 1 is 0.462 bits per heavy atom. The van der Waals surface area contributed by atoms with Gasteiger partial charge in [0, 0.05) is 43.5 Å². The molecular formula is C67H72B2BrLiN2O5. The number of aromatic nitrogens is 2. The Kier molecular flexibility index (Phi) is 18.3. The van der Waals surface area contributed by atoms with Gasteiger partial charge in [-0.15, -0.1) is 0 Å². The second-order valence-corrected chi connectivity index (χ2v) is 23.1. The number of para-hydroxylation sites is 2. The zero-order valence-electron chi connectivity index (χ0n) is 47.6. The summed E-state index contributed by atoms with van der Waals surface area (Å²) in [6.45, 7) is 26.1. The van der Waals surface area contributed by atoms with Gasteiger partial charge in [-0.05, 0) is 158 Å². The minimum absolute atomic E-state index is 0. The third-order valence-electron chi connectivity index (χ3n) is 15.3. The summed E-state index contributed by atoms with van der Waals surface area (Å²) < 4.78 is 35.1. The van der Waals surface area contributed by atoms with Crippen molar-refractivity contribution in [3.05, 3.63) is 206 Å². The van der Waals surface area contributed by atoms with E-state index in [0.717, 1.165) is 22.0 Å². The van der Waals surface area contributed by atoms with Crippen molar-refractivity contribution >= 4 is 79.4 Å². The van der Waals surface area contributed by atoms with Crippen LogP contribution in [0.25, 0.3) is 77.2 Å². The molecule has 0 atom stereocenters. The van der Waals surface area contributed by atoms with Gasteiger partial charge in [0.05, 0.1) is 44.5 Å². The minimum Gasteiger partial charge on any atom is -0.399 e. The maximum atomic E-state index is 6.33. The maximum absolute atomic E-state index is 6.33. The Morgan fingerprint density at radius 3 is 1.24 bits per heavy atom. The molecule has 2 aliphatic heterocycles. The van der Waals surface area contributed by atoms with Crippen molar-refractivity contribution in [2.75, 3.05) is 0 Å². The summed E-state index contributed by atoms with van der Waals surface area (Å²) in [5.74, 6) is 0. The Bertz CT molecular complexity index is 3560. The fourth-order valence-corrected chi connectivity index (χ4v) is 9.91. The average Bonchev–Trinajstić information content (AvgIpc) is 4.18. The van der Waals surface area contributed by atoms with Gasteiger partial charge in [0.15, 0.2) is 0 Å². The van der Waals surface area contributed by atoms with Gasteiger partial charge in [-0.1, -0.05) is 163 Å². The fraction of sp³-hybridized carbons (Fsp3) is 0.269. The van der Waals surface area contributed by atoms with Crippen molar-refractivity contribution in [1.82, 2.24) is 9.13 Å². The number of nitrogens with zero attached hydrogens (tertiary/aromatic N) is 2. The molecule has 11 heteroatoms. The molecule has 2 aliphatic rings. The smallest absolute Gasteiger partial charge is 0.399 e. The second-order valence-electron chi connectivity index (χ2n) is 22.1. The average molecular weight is 1090 g/mol. The van der Waals surface area contributed by atoms with Crippen LogP contribution in [0, 0.1) is 6.92 Å². The Hall–Kier alpha value is -5.63. The van der Waals surface area contributed by atoms with Gasteiger partial charge >= 0.3 is 33.3 Å². The van der Waals surface area contributed by atoms with Gasteiger partial charge in [0.2, 0.25) is 0 Å². The number of benzene rings is 8. The molecule has 2 fully saturated rings. The van der Waals surface area contributed by atoms with E-state index >= 15 is 0 Å². The molecule has 2 aromatic heterocycles. The molecule has 0 spiro atoms. The van der Waals surface area contributed by atoms with Crippen molar-refractivity contribution in [2.24, 2.45) is 0 Å². The van der Waals surface area contributed by atoms with Gasteiger partial charge in [0.1, 0.15) is 0 Å². The first-order valence-corrected chi connectivity index (χ1v) is 27.8. The first-order chi connectivity index (χ1) is 36.8. The molecule has 0 radical (unpaired) electrons. The largest absolute Gasteiger partial charge is 1.00 e. The van der Waals surface area contributed by atoms with E-state index in [1.165, 1.54) is 78.0 Å². The summed E-state index contributed by atoms with van der Waals surface area (Å²) in [5, 5.41) is 4.97. The van der Waals surface area contributed by atoms with Crippen LogP contribution in [0.5, 0.6) is 0 Å². The van der Waals surface area contributed by atoms with Crippen LogP contribution < -0.4 is 24.3 Å². The summed E-state index contributed by atoms with van der Waals surface area (Å²) >= 11 is 3.61. The molecule has 0 aliphatic carbocycles. The van der Waals surface area contributed by atoms with Crippen LogP contribution in [0.4, 0.5) is 0 Å². The van der Waals surface area contributed by atoms with Crippen molar-refractivity contribution in [2.45, 2.75) is 118 Å². The van der Waals surface area contributed by atoms with Crippen LogP contribution in [0.2, 0.25) is 0 Å². The Labute approximate surface area is 484 Å². The van der Waals surface area contributed by atoms with Crippen LogP contribution in [-0.4, -0.2) is 52.1 Å². The molecule has 12 rings (SSSR count). The zero-order valence-corrected chi connectivity index (χ0v) is 49.2. The third kappa shape index (κ3) is 12.4. The number of halogens is 1. The molecule has 0 amide bonds. The molecular weight excluding hydrogens is 1020 g/mol. The van der Waals surface area contributed by atoms with Crippen LogP contribution in [0.15, 0.2) is 199 Å². The van der Waals surface area contributed by atoms with E-state index in [1.54, 1.807) is 0 Å². The molecule has 0 bridgehead atoms. The maximum Gasteiger partial charge on any atom is 1.00 e. The molecule has 0 saturated carbocycles. The summed E-state index contributed by atoms with van der Waals surface area (Å²) in [5.41, 5.74) is 11.8.